The first-order valence-corrected chi connectivity index (χ1v) is 5.41. The van der Waals surface area contributed by atoms with Gasteiger partial charge in [0.1, 0.15) is 0 Å². The van der Waals surface area contributed by atoms with E-state index in [4.69, 9.17) is 0 Å². The second-order valence-electron chi connectivity index (χ2n) is 2.81. The molecule has 0 aliphatic carbocycles. The van der Waals surface area contributed by atoms with Crippen LogP contribution in [0.4, 0.5) is 4.79 Å². The predicted molar refractivity (Wildman–Crippen MR) is 59.6 cm³/mol. The monoisotopic (exact) mass is 210 g/mol. The minimum Gasteiger partial charge on any atom is -0.338 e. The Labute approximate surface area is 87.8 Å². The van der Waals surface area contributed by atoms with E-state index in [0.29, 0.717) is 13.1 Å². The smallest absolute Gasteiger partial charge is 0.315 e. The van der Waals surface area contributed by atoms with Gasteiger partial charge in [0.25, 0.3) is 0 Å². The average molecular weight is 210 g/mol. The SMILES string of the molecule is C=CCNC(=O)NCCc1ccsc1. The standard InChI is InChI=1S/C10H14N2OS/c1-2-5-11-10(13)12-6-3-9-4-7-14-8-9/h2,4,7-8H,1,3,5-6H2,(H2,11,12,13). The van der Waals surface area contributed by atoms with Gasteiger partial charge in [0.15, 0.2) is 0 Å². The summed E-state index contributed by atoms with van der Waals surface area (Å²) >= 11 is 1.67. The van der Waals surface area contributed by atoms with Gasteiger partial charge >= 0.3 is 6.03 Å². The van der Waals surface area contributed by atoms with Crippen LogP contribution in [-0.4, -0.2) is 19.1 Å². The van der Waals surface area contributed by atoms with Crippen molar-refractivity contribution in [2.45, 2.75) is 6.42 Å². The summed E-state index contributed by atoms with van der Waals surface area (Å²) in [7, 11) is 0. The third kappa shape index (κ3) is 4.09. The van der Waals surface area contributed by atoms with E-state index in [1.807, 2.05) is 5.38 Å². The normalized spacial score (nSPS) is 9.43. The lowest BCUT2D eigenvalue weighted by Gasteiger charge is -2.04. The van der Waals surface area contributed by atoms with Gasteiger partial charge in [0.05, 0.1) is 0 Å². The predicted octanol–water partition coefficient (Wildman–Crippen LogP) is 1.78. The number of carbonyl (C=O) groups is 1. The van der Waals surface area contributed by atoms with Crippen molar-refractivity contribution in [3.63, 3.8) is 0 Å². The zero-order chi connectivity index (χ0) is 10.2. The summed E-state index contributed by atoms with van der Waals surface area (Å²) in [6.45, 7) is 4.68. The molecule has 0 aromatic carbocycles. The van der Waals surface area contributed by atoms with Crippen molar-refractivity contribution in [2.24, 2.45) is 0 Å². The quantitative estimate of drug-likeness (QED) is 0.715. The van der Waals surface area contributed by atoms with Crippen LogP contribution in [0.5, 0.6) is 0 Å². The first-order chi connectivity index (χ1) is 6.83. The average Bonchev–Trinajstić information content (AvgIpc) is 2.67. The number of nitrogens with one attached hydrogen (secondary N) is 2. The number of carbonyl (C=O) groups excluding carboxylic acids is 1. The Morgan fingerprint density at radius 3 is 3.07 bits per heavy atom. The third-order valence-corrected chi connectivity index (χ3v) is 2.42. The van der Waals surface area contributed by atoms with Gasteiger partial charge < -0.3 is 10.6 Å². The van der Waals surface area contributed by atoms with Gasteiger partial charge in [-0.1, -0.05) is 6.08 Å². The minimum atomic E-state index is -0.139. The Kier molecular flexibility index (Phi) is 4.78. The van der Waals surface area contributed by atoms with E-state index >= 15 is 0 Å². The molecule has 0 unspecified atom stereocenters. The summed E-state index contributed by atoms with van der Waals surface area (Å²) in [4.78, 5) is 11.1. The van der Waals surface area contributed by atoms with Crippen LogP contribution in [0.1, 0.15) is 5.56 Å². The topological polar surface area (TPSA) is 41.1 Å². The van der Waals surface area contributed by atoms with Crippen molar-refractivity contribution in [3.8, 4) is 0 Å². The molecular weight excluding hydrogens is 196 g/mol. The maximum Gasteiger partial charge on any atom is 0.315 e. The summed E-state index contributed by atoms with van der Waals surface area (Å²) in [6, 6.07) is 1.92. The van der Waals surface area contributed by atoms with E-state index < -0.39 is 0 Å². The second kappa shape index (κ2) is 6.21. The molecule has 0 spiro atoms. The molecule has 1 heterocycles. The molecule has 2 amide bonds. The summed E-state index contributed by atoms with van der Waals surface area (Å²) in [5.74, 6) is 0. The summed E-state index contributed by atoms with van der Waals surface area (Å²) in [6.07, 6.45) is 2.53. The van der Waals surface area contributed by atoms with Crippen LogP contribution in [0.2, 0.25) is 0 Å². The Morgan fingerprint density at radius 2 is 2.43 bits per heavy atom. The molecule has 4 heteroatoms. The lowest BCUT2D eigenvalue weighted by molar-refractivity contribution is 0.242. The fourth-order valence-corrected chi connectivity index (χ4v) is 1.69. The van der Waals surface area contributed by atoms with E-state index in [1.54, 1.807) is 17.4 Å². The van der Waals surface area contributed by atoms with Crippen molar-refractivity contribution >= 4 is 17.4 Å². The molecule has 0 radical (unpaired) electrons. The van der Waals surface area contributed by atoms with Crippen molar-refractivity contribution in [1.82, 2.24) is 10.6 Å². The first kappa shape index (κ1) is 10.8. The molecule has 0 fully saturated rings. The highest BCUT2D eigenvalue weighted by molar-refractivity contribution is 7.07. The van der Waals surface area contributed by atoms with Crippen LogP contribution in [0, 0.1) is 0 Å². The summed E-state index contributed by atoms with van der Waals surface area (Å²) < 4.78 is 0. The number of urea groups is 1. The van der Waals surface area contributed by atoms with Crippen LogP contribution in [0.3, 0.4) is 0 Å². The Bertz CT molecular complexity index is 282. The maximum atomic E-state index is 11.1. The van der Waals surface area contributed by atoms with Gasteiger partial charge in [0, 0.05) is 13.1 Å². The van der Waals surface area contributed by atoms with Crippen LogP contribution < -0.4 is 10.6 Å². The van der Waals surface area contributed by atoms with Crippen molar-refractivity contribution < 1.29 is 4.79 Å². The molecule has 14 heavy (non-hydrogen) atoms. The number of rotatable bonds is 5. The lowest BCUT2D eigenvalue weighted by Crippen LogP contribution is -2.36. The molecule has 0 atom stereocenters. The number of thiophene rings is 1. The highest BCUT2D eigenvalue weighted by Crippen LogP contribution is 2.05. The van der Waals surface area contributed by atoms with Gasteiger partial charge in [-0.3, -0.25) is 0 Å². The molecule has 0 saturated carbocycles. The van der Waals surface area contributed by atoms with E-state index in [-0.39, 0.29) is 6.03 Å². The van der Waals surface area contributed by atoms with Crippen molar-refractivity contribution in [3.05, 3.63) is 35.0 Å². The minimum absolute atomic E-state index is 0.139. The molecule has 0 saturated heterocycles. The highest BCUT2D eigenvalue weighted by atomic mass is 32.1. The van der Waals surface area contributed by atoms with Gasteiger partial charge in [-0.05, 0) is 28.8 Å². The molecule has 0 aliphatic heterocycles. The molecule has 3 nitrogen and oxygen atoms in total. The fraction of sp³-hybridized carbons (Fsp3) is 0.300. The highest BCUT2D eigenvalue weighted by Gasteiger charge is 1.97. The third-order valence-electron chi connectivity index (χ3n) is 1.69. The number of amides is 2. The second-order valence-corrected chi connectivity index (χ2v) is 3.59. The van der Waals surface area contributed by atoms with E-state index in [1.165, 1.54) is 5.56 Å². The van der Waals surface area contributed by atoms with E-state index in [0.717, 1.165) is 6.42 Å². The zero-order valence-corrected chi connectivity index (χ0v) is 8.77. The number of hydrogen-bond acceptors (Lipinski definition) is 2. The van der Waals surface area contributed by atoms with Crippen molar-refractivity contribution in [1.29, 1.82) is 0 Å². The van der Waals surface area contributed by atoms with E-state index in [9.17, 15) is 4.79 Å². The van der Waals surface area contributed by atoms with Gasteiger partial charge in [0.2, 0.25) is 0 Å². The van der Waals surface area contributed by atoms with Crippen LogP contribution in [0.15, 0.2) is 29.5 Å². The van der Waals surface area contributed by atoms with Gasteiger partial charge in [-0.25, -0.2) is 4.79 Å². The molecule has 1 aromatic heterocycles. The van der Waals surface area contributed by atoms with Gasteiger partial charge in [-0.2, -0.15) is 11.3 Å². The molecule has 2 N–H and O–H groups in total. The molecular formula is C10H14N2OS. The molecule has 1 rings (SSSR count). The molecule has 0 bridgehead atoms. The van der Waals surface area contributed by atoms with Crippen LogP contribution in [0.25, 0.3) is 0 Å². The largest absolute Gasteiger partial charge is 0.338 e. The maximum absolute atomic E-state index is 11.1. The fourth-order valence-electron chi connectivity index (χ4n) is 0.983. The van der Waals surface area contributed by atoms with E-state index in [2.05, 4.69) is 28.7 Å². The van der Waals surface area contributed by atoms with Crippen LogP contribution >= 0.6 is 11.3 Å². The molecule has 1 aromatic rings. The first-order valence-electron chi connectivity index (χ1n) is 4.46. The molecule has 76 valence electrons. The van der Waals surface area contributed by atoms with Gasteiger partial charge in [-0.15, -0.1) is 6.58 Å². The summed E-state index contributed by atoms with van der Waals surface area (Å²) in [5.41, 5.74) is 1.26. The Hall–Kier alpha value is -1.29. The summed E-state index contributed by atoms with van der Waals surface area (Å²) in [5, 5.41) is 9.53. The Morgan fingerprint density at radius 1 is 1.57 bits per heavy atom. The number of hydrogen-bond donors (Lipinski definition) is 2. The molecule has 0 aliphatic rings. The lowest BCUT2D eigenvalue weighted by atomic mass is 10.2. The zero-order valence-electron chi connectivity index (χ0n) is 7.95. The van der Waals surface area contributed by atoms with Crippen LogP contribution in [-0.2, 0) is 6.42 Å². The van der Waals surface area contributed by atoms with Crippen molar-refractivity contribution in [2.75, 3.05) is 13.1 Å². The Balaban J connectivity index is 2.09.